The second-order valence-corrected chi connectivity index (χ2v) is 3.78. The minimum Gasteiger partial charge on any atom is -0.494 e. The molecule has 2 aromatic rings. The van der Waals surface area contributed by atoms with E-state index in [-0.39, 0.29) is 6.47 Å². The topological polar surface area (TPSA) is 46.5 Å². The lowest BCUT2D eigenvalue weighted by Gasteiger charge is -2.03. The molecule has 3 nitrogen and oxygen atoms in total. The van der Waals surface area contributed by atoms with Gasteiger partial charge in [-0.1, -0.05) is 67.9 Å². The molecule has 0 atom stereocenters. The summed E-state index contributed by atoms with van der Waals surface area (Å²) in [5.41, 5.74) is 0. The van der Waals surface area contributed by atoms with Crippen LogP contribution in [0.25, 0.3) is 0 Å². The van der Waals surface area contributed by atoms with E-state index in [4.69, 9.17) is 14.6 Å². The highest BCUT2D eigenvalue weighted by molar-refractivity contribution is 5.32. The first-order valence-electron chi connectivity index (χ1n) is 6.60. The fraction of sp³-hybridized carbons (Fsp3) is 0.235. The molecule has 0 aliphatic carbocycles. The predicted octanol–water partition coefficient (Wildman–Crippen LogP) is 4.25. The van der Waals surface area contributed by atoms with Gasteiger partial charge in [-0.15, -0.1) is 0 Å². The highest BCUT2D eigenvalue weighted by atomic mass is 16.5. The average molecular weight is 274 g/mol. The zero-order valence-corrected chi connectivity index (χ0v) is 11.8. The number of hydrogen-bond donors (Lipinski definition) is 1. The van der Waals surface area contributed by atoms with Gasteiger partial charge in [-0.2, -0.15) is 0 Å². The monoisotopic (exact) mass is 274 g/mol. The Morgan fingerprint density at radius 2 is 1.35 bits per heavy atom. The van der Waals surface area contributed by atoms with E-state index in [9.17, 15) is 0 Å². The van der Waals surface area contributed by atoms with Crippen LogP contribution in [-0.2, 0) is 4.79 Å². The molecule has 0 aromatic heterocycles. The molecule has 1 N–H and O–H groups in total. The summed E-state index contributed by atoms with van der Waals surface area (Å²) in [7, 11) is 0. The van der Waals surface area contributed by atoms with Crippen LogP contribution in [0.3, 0.4) is 0 Å². The maximum absolute atomic E-state index is 8.36. The van der Waals surface area contributed by atoms with Gasteiger partial charge >= 0.3 is 0 Å². The maximum atomic E-state index is 8.36. The summed E-state index contributed by atoms with van der Waals surface area (Å²) in [4.78, 5) is 8.36. The van der Waals surface area contributed by atoms with E-state index in [0.717, 1.165) is 18.8 Å². The van der Waals surface area contributed by atoms with Crippen molar-refractivity contribution in [3.8, 4) is 5.75 Å². The quantitative estimate of drug-likeness (QED) is 0.669. The first-order valence-corrected chi connectivity index (χ1v) is 6.60. The van der Waals surface area contributed by atoms with Gasteiger partial charge in [0.1, 0.15) is 5.75 Å². The van der Waals surface area contributed by atoms with Crippen LogP contribution >= 0.6 is 0 Å². The average Bonchev–Trinajstić information content (AvgIpc) is 2.52. The molecule has 2 aromatic carbocycles. The second kappa shape index (κ2) is 14.8. The van der Waals surface area contributed by atoms with E-state index in [1.807, 2.05) is 66.7 Å². The molecule has 0 fully saturated rings. The minimum atomic E-state index is -0.250. The number of benzene rings is 2. The molecular formula is C17H22O3. The number of ether oxygens (including phenoxy) is 1. The first kappa shape index (κ1) is 17.7. The third-order valence-corrected chi connectivity index (χ3v) is 2.18. The van der Waals surface area contributed by atoms with Crippen molar-refractivity contribution >= 4 is 6.47 Å². The van der Waals surface area contributed by atoms with Gasteiger partial charge in [-0.25, -0.2) is 0 Å². The summed E-state index contributed by atoms with van der Waals surface area (Å²) in [5.74, 6) is 0.973. The third-order valence-electron chi connectivity index (χ3n) is 2.18. The molecule has 0 bridgehead atoms. The number of rotatable bonds is 4. The van der Waals surface area contributed by atoms with Crippen LogP contribution < -0.4 is 4.74 Å². The van der Waals surface area contributed by atoms with Crippen LogP contribution in [0, 0.1) is 0 Å². The van der Waals surface area contributed by atoms with Crippen LogP contribution in [0.2, 0.25) is 0 Å². The van der Waals surface area contributed by atoms with Gasteiger partial charge < -0.3 is 9.84 Å². The Morgan fingerprint density at radius 3 is 1.75 bits per heavy atom. The highest BCUT2D eigenvalue weighted by Gasteiger charge is 1.88. The standard InChI is InChI=1S/C10H14O.C6H6.CH2O2/c1-2-3-9-11-10-7-5-4-6-8-10;1-2-4-6-5-3-1;2-1-3/h4-8H,2-3,9H2,1H3;1-6H;1H,(H,2,3). The molecule has 0 aliphatic heterocycles. The lowest BCUT2D eigenvalue weighted by atomic mass is 10.3. The highest BCUT2D eigenvalue weighted by Crippen LogP contribution is 2.08. The van der Waals surface area contributed by atoms with Crippen molar-refractivity contribution in [3.63, 3.8) is 0 Å². The molecule has 20 heavy (non-hydrogen) atoms. The molecule has 0 unspecified atom stereocenters. The Balaban J connectivity index is 0.000000336. The molecule has 0 radical (unpaired) electrons. The van der Waals surface area contributed by atoms with Crippen LogP contribution in [0.15, 0.2) is 66.7 Å². The van der Waals surface area contributed by atoms with Gasteiger partial charge in [0.05, 0.1) is 6.61 Å². The number of carbonyl (C=O) groups is 1. The number of unbranched alkanes of at least 4 members (excludes halogenated alkanes) is 1. The lowest BCUT2D eigenvalue weighted by Crippen LogP contribution is -1.95. The normalized spacial score (nSPS) is 8.25. The molecule has 0 amide bonds. The van der Waals surface area contributed by atoms with Gasteiger partial charge in [0, 0.05) is 0 Å². The number of carboxylic acid groups (broad SMARTS) is 1. The summed E-state index contributed by atoms with van der Waals surface area (Å²) >= 11 is 0. The Hall–Kier alpha value is -2.29. The van der Waals surface area contributed by atoms with Crippen molar-refractivity contribution in [1.82, 2.24) is 0 Å². The van der Waals surface area contributed by atoms with Crippen molar-refractivity contribution in [2.45, 2.75) is 19.8 Å². The molecule has 0 saturated carbocycles. The van der Waals surface area contributed by atoms with Crippen molar-refractivity contribution in [2.75, 3.05) is 6.61 Å². The van der Waals surface area contributed by atoms with E-state index in [1.54, 1.807) is 0 Å². The van der Waals surface area contributed by atoms with Crippen molar-refractivity contribution < 1.29 is 14.6 Å². The van der Waals surface area contributed by atoms with E-state index >= 15 is 0 Å². The molecule has 0 saturated heterocycles. The largest absolute Gasteiger partial charge is 0.494 e. The summed E-state index contributed by atoms with van der Waals surface area (Å²) in [6.07, 6.45) is 2.32. The van der Waals surface area contributed by atoms with Gasteiger partial charge in [0.15, 0.2) is 0 Å². The molecular weight excluding hydrogens is 252 g/mol. The lowest BCUT2D eigenvalue weighted by molar-refractivity contribution is -0.122. The predicted molar refractivity (Wildman–Crippen MR) is 82.0 cm³/mol. The Morgan fingerprint density at radius 1 is 0.950 bits per heavy atom. The molecule has 0 heterocycles. The van der Waals surface area contributed by atoms with E-state index in [1.165, 1.54) is 6.42 Å². The fourth-order valence-electron chi connectivity index (χ4n) is 1.24. The Labute approximate surface area is 120 Å². The third kappa shape index (κ3) is 12.2. The van der Waals surface area contributed by atoms with Crippen LogP contribution in [0.1, 0.15) is 19.8 Å². The minimum absolute atomic E-state index is 0.250. The maximum Gasteiger partial charge on any atom is 0.290 e. The van der Waals surface area contributed by atoms with Gasteiger partial charge in [0.25, 0.3) is 6.47 Å². The number of para-hydroxylation sites is 1. The van der Waals surface area contributed by atoms with E-state index < -0.39 is 0 Å². The summed E-state index contributed by atoms with van der Waals surface area (Å²) in [5, 5.41) is 6.89. The Kier molecular flexibility index (Phi) is 13.1. The second-order valence-electron chi connectivity index (χ2n) is 3.78. The SMILES string of the molecule is CCCCOc1ccccc1.O=CO.c1ccccc1. The van der Waals surface area contributed by atoms with Crippen LogP contribution in [0.5, 0.6) is 5.75 Å². The van der Waals surface area contributed by atoms with Gasteiger partial charge in [-0.3, -0.25) is 4.79 Å². The van der Waals surface area contributed by atoms with Crippen molar-refractivity contribution in [1.29, 1.82) is 0 Å². The number of hydrogen-bond acceptors (Lipinski definition) is 2. The molecule has 0 aliphatic rings. The summed E-state index contributed by atoms with van der Waals surface area (Å²) < 4.78 is 5.45. The smallest absolute Gasteiger partial charge is 0.290 e. The van der Waals surface area contributed by atoms with E-state index in [2.05, 4.69) is 6.92 Å². The zero-order valence-electron chi connectivity index (χ0n) is 11.8. The zero-order chi connectivity index (χ0) is 14.9. The Bertz CT molecular complexity index is 374. The molecule has 2 rings (SSSR count). The van der Waals surface area contributed by atoms with Crippen LogP contribution in [-0.4, -0.2) is 18.2 Å². The van der Waals surface area contributed by atoms with Crippen molar-refractivity contribution in [2.24, 2.45) is 0 Å². The molecule has 3 heteroatoms. The van der Waals surface area contributed by atoms with Gasteiger partial charge in [-0.05, 0) is 18.6 Å². The van der Waals surface area contributed by atoms with Gasteiger partial charge in [0.2, 0.25) is 0 Å². The van der Waals surface area contributed by atoms with Crippen molar-refractivity contribution in [3.05, 3.63) is 66.7 Å². The summed E-state index contributed by atoms with van der Waals surface area (Å²) in [6.45, 7) is 2.74. The molecule has 108 valence electrons. The molecule has 0 spiro atoms. The fourth-order valence-corrected chi connectivity index (χ4v) is 1.24. The first-order chi connectivity index (χ1) is 9.85. The summed E-state index contributed by atoms with van der Waals surface area (Å²) in [6, 6.07) is 21.9. The van der Waals surface area contributed by atoms with E-state index in [0.29, 0.717) is 0 Å². The van der Waals surface area contributed by atoms with Crippen LogP contribution in [0.4, 0.5) is 0 Å².